The van der Waals surface area contributed by atoms with Crippen molar-refractivity contribution < 1.29 is 14.5 Å². The highest BCUT2D eigenvalue weighted by Gasteiger charge is 2.21. The first-order valence-electron chi connectivity index (χ1n) is 9.93. The SMILES string of the molecule is COc1ccc([C@H](Cc2ccc(-c3ccccc3C(N)=O)cc2)c2csc(N)[nH+]2)cc1. The van der Waals surface area contributed by atoms with Crippen LogP contribution in [0, 0.1) is 0 Å². The van der Waals surface area contributed by atoms with Crippen molar-refractivity contribution in [2.24, 2.45) is 5.73 Å². The molecule has 6 heteroatoms. The minimum Gasteiger partial charge on any atom is -0.497 e. The number of anilines is 1. The van der Waals surface area contributed by atoms with E-state index in [2.05, 4.69) is 34.6 Å². The number of nitrogen functional groups attached to an aromatic ring is 1. The summed E-state index contributed by atoms with van der Waals surface area (Å²) >= 11 is 1.50. The van der Waals surface area contributed by atoms with Gasteiger partial charge >= 0.3 is 5.13 Å². The lowest BCUT2D eigenvalue weighted by Gasteiger charge is -2.15. The van der Waals surface area contributed by atoms with E-state index in [1.165, 1.54) is 22.5 Å². The molecule has 1 atom stereocenters. The highest BCUT2D eigenvalue weighted by molar-refractivity contribution is 7.13. The number of thiazole rings is 1. The van der Waals surface area contributed by atoms with Crippen LogP contribution >= 0.6 is 11.3 Å². The van der Waals surface area contributed by atoms with Crippen molar-refractivity contribution >= 4 is 22.4 Å². The second-order valence-corrected chi connectivity index (χ2v) is 8.23. The highest BCUT2D eigenvalue weighted by Crippen LogP contribution is 2.31. The normalized spacial score (nSPS) is 11.8. The zero-order chi connectivity index (χ0) is 21.8. The van der Waals surface area contributed by atoms with Crippen LogP contribution in [0.5, 0.6) is 5.75 Å². The number of carbonyl (C=O) groups is 1. The van der Waals surface area contributed by atoms with E-state index in [4.69, 9.17) is 16.2 Å². The largest absolute Gasteiger partial charge is 0.497 e. The molecule has 1 aromatic heterocycles. The van der Waals surface area contributed by atoms with Crippen molar-refractivity contribution in [2.45, 2.75) is 12.3 Å². The standard InChI is InChI=1S/C25H23N3O2S/c1-30-19-12-10-18(11-13-19)22(23-15-31-25(27)28-23)14-16-6-8-17(9-7-16)20-4-2-3-5-21(20)24(26)29/h2-13,15,22H,14H2,1H3,(H2,26,29)(H2,27,28)/p+1/t22-/m0/s1. The number of nitrogens with two attached hydrogens (primary N) is 2. The molecule has 4 aromatic rings. The number of carbonyl (C=O) groups excluding carboxylic acids is 1. The number of H-pyrrole nitrogens is 1. The zero-order valence-corrected chi connectivity index (χ0v) is 18.0. The van der Waals surface area contributed by atoms with Crippen molar-refractivity contribution in [1.29, 1.82) is 0 Å². The Morgan fingerprint density at radius 1 is 1.03 bits per heavy atom. The Morgan fingerprint density at radius 3 is 2.35 bits per heavy atom. The molecule has 31 heavy (non-hydrogen) atoms. The van der Waals surface area contributed by atoms with Gasteiger partial charge in [0.15, 0.2) is 0 Å². The van der Waals surface area contributed by atoms with Crippen molar-refractivity contribution in [3.8, 4) is 16.9 Å². The maximum Gasteiger partial charge on any atom is 0.329 e. The van der Waals surface area contributed by atoms with Gasteiger partial charge in [0.2, 0.25) is 5.91 Å². The molecule has 0 aliphatic carbocycles. The molecule has 0 aliphatic rings. The number of ether oxygens (including phenoxy) is 1. The first kappa shape index (κ1) is 20.6. The van der Waals surface area contributed by atoms with Crippen LogP contribution in [0.2, 0.25) is 0 Å². The first-order chi connectivity index (χ1) is 15.0. The van der Waals surface area contributed by atoms with E-state index in [1.807, 2.05) is 42.5 Å². The first-order valence-corrected chi connectivity index (χ1v) is 10.8. The van der Waals surface area contributed by atoms with Crippen LogP contribution in [-0.4, -0.2) is 13.0 Å². The second-order valence-electron chi connectivity index (χ2n) is 7.32. The number of hydrogen-bond acceptors (Lipinski definition) is 4. The number of rotatable bonds is 7. The Labute approximate surface area is 185 Å². The molecule has 0 fully saturated rings. The molecule has 4 rings (SSSR count). The van der Waals surface area contributed by atoms with E-state index in [-0.39, 0.29) is 5.92 Å². The number of methoxy groups -OCH3 is 1. The van der Waals surface area contributed by atoms with Gasteiger partial charge in [-0.15, -0.1) is 0 Å². The molecule has 0 bridgehead atoms. The summed E-state index contributed by atoms with van der Waals surface area (Å²) in [6, 6.07) is 23.8. The van der Waals surface area contributed by atoms with E-state index >= 15 is 0 Å². The number of benzene rings is 3. The monoisotopic (exact) mass is 430 g/mol. The van der Waals surface area contributed by atoms with Gasteiger partial charge in [-0.05, 0) is 46.9 Å². The summed E-state index contributed by atoms with van der Waals surface area (Å²) in [7, 11) is 1.66. The Hall–Kier alpha value is -3.64. The molecule has 1 amide bonds. The minimum absolute atomic E-state index is 0.128. The topological polar surface area (TPSA) is 92.5 Å². The number of hydrogen-bond donors (Lipinski definition) is 2. The molecule has 0 saturated heterocycles. The highest BCUT2D eigenvalue weighted by atomic mass is 32.1. The number of primary amides is 1. The van der Waals surface area contributed by atoms with E-state index in [9.17, 15) is 4.79 Å². The summed E-state index contributed by atoms with van der Waals surface area (Å²) in [5.74, 6) is 0.529. The Morgan fingerprint density at radius 2 is 1.74 bits per heavy atom. The maximum atomic E-state index is 11.8. The molecule has 0 spiro atoms. The zero-order valence-electron chi connectivity index (χ0n) is 17.2. The van der Waals surface area contributed by atoms with Crippen LogP contribution in [0.25, 0.3) is 11.1 Å². The van der Waals surface area contributed by atoms with Crippen molar-refractivity contribution in [2.75, 3.05) is 12.8 Å². The molecule has 0 unspecified atom stereocenters. The lowest BCUT2D eigenvalue weighted by molar-refractivity contribution is -0.368. The van der Waals surface area contributed by atoms with Gasteiger partial charge in [-0.1, -0.05) is 65.9 Å². The minimum atomic E-state index is -0.426. The molecule has 0 saturated carbocycles. The molecule has 156 valence electrons. The Kier molecular flexibility index (Phi) is 6.00. The van der Waals surface area contributed by atoms with E-state index < -0.39 is 5.91 Å². The van der Waals surface area contributed by atoms with Crippen LogP contribution in [0.15, 0.2) is 78.2 Å². The third-order valence-corrected chi connectivity index (χ3v) is 6.10. The fraction of sp³-hybridized carbons (Fsp3) is 0.120. The summed E-state index contributed by atoms with van der Waals surface area (Å²) in [5.41, 5.74) is 17.3. The van der Waals surface area contributed by atoms with Crippen molar-refractivity contribution in [3.05, 3.63) is 101 Å². The van der Waals surface area contributed by atoms with Crippen LogP contribution in [-0.2, 0) is 6.42 Å². The fourth-order valence-corrected chi connectivity index (χ4v) is 4.40. The molecular formula is C25H24N3O2S+. The third-order valence-electron chi connectivity index (χ3n) is 5.37. The summed E-state index contributed by atoms with van der Waals surface area (Å²) in [6.45, 7) is 0. The number of amides is 1. The number of aromatic nitrogens is 1. The van der Waals surface area contributed by atoms with Gasteiger partial charge in [0.25, 0.3) is 0 Å². The third kappa shape index (κ3) is 4.59. The van der Waals surface area contributed by atoms with Gasteiger partial charge < -0.3 is 10.5 Å². The van der Waals surface area contributed by atoms with Gasteiger partial charge in [-0.25, -0.2) is 4.98 Å². The summed E-state index contributed by atoms with van der Waals surface area (Å²) in [4.78, 5) is 15.1. The van der Waals surface area contributed by atoms with Gasteiger partial charge in [-0.2, -0.15) is 0 Å². The molecular weight excluding hydrogens is 406 g/mol. The lowest BCUT2D eigenvalue weighted by atomic mass is 9.89. The lowest BCUT2D eigenvalue weighted by Crippen LogP contribution is -2.17. The molecule has 5 N–H and O–H groups in total. The predicted molar refractivity (Wildman–Crippen MR) is 124 cm³/mol. The van der Waals surface area contributed by atoms with Gasteiger partial charge in [0, 0.05) is 10.9 Å². The summed E-state index contributed by atoms with van der Waals surface area (Å²) in [6.07, 6.45) is 0.802. The maximum absolute atomic E-state index is 11.8. The Bertz CT molecular complexity index is 1180. The average Bonchev–Trinajstić information content (AvgIpc) is 3.24. The Balaban J connectivity index is 1.64. The van der Waals surface area contributed by atoms with Gasteiger partial charge in [-0.3, -0.25) is 10.5 Å². The predicted octanol–water partition coefficient (Wildman–Crippen LogP) is 4.29. The van der Waals surface area contributed by atoms with E-state index in [1.54, 1.807) is 13.2 Å². The van der Waals surface area contributed by atoms with Crippen LogP contribution in [0.4, 0.5) is 5.13 Å². The summed E-state index contributed by atoms with van der Waals surface area (Å²) < 4.78 is 5.30. The van der Waals surface area contributed by atoms with Crippen molar-refractivity contribution in [3.63, 3.8) is 0 Å². The quantitative estimate of drug-likeness (QED) is 0.458. The smallest absolute Gasteiger partial charge is 0.329 e. The molecule has 3 aromatic carbocycles. The molecule has 0 aliphatic heterocycles. The number of nitrogens with one attached hydrogen (secondary N) is 1. The molecule has 0 radical (unpaired) electrons. The van der Waals surface area contributed by atoms with E-state index in [0.717, 1.165) is 29.0 Å². The van der Waals surface area contributed by atoms with Gasteiger partial charge in [0.05, 0.1) is 13.0 Å². The van der Waals surface area contributed by atoms with Crippen LogP contribution in [0.3, 0.4) is 0 Å². The van der Waals surface area contributed by atoms with Gasteiger partial charge in [0.1, 0.15) is 11.4 Å². The van der Waals surface area contributed by atoms with Crippen LogP contribution < -0.4 is 21.2 Å². The van der Waals surface area contributed by atoms with E-state index in [0.29, 0.717) is 10.7 Å². The molecule has 1 heterocycles. The van der Waals surface area contributed by atoms with Crippen LogP contribution in [0.1, 0.15) is 33.1 Å². The molecule has 5 nitrogen and oxygen atoms in total. The average molecular weight is 431 g/mol. The second kappa shape index (κ2) is 9.02. The number of aromatic amines is 1. The summed E-state index contributed by atoms with van der Waals surface area (Å²) in [5, 5.41) is 2.76. The fourth-order valence-electron chi connectivity index (χ4n) is 3.75. The van der Waals surface area contributed by atoms with Crippen molar-refractivity contribution in [1.82, 2.24) is 0 Å².